The van der Waals surface area contributed by atoms with E-state index in [9.17, 15) is 9.59 Å². The van der Waals surface area contributed by atoms with Crippen molar-refractivity contribution in [1.82, 2.24) is 0 Å². The molecule has 3 aliphatic rings. The molecule has 29 heavy (non-hydrogen) atoms. The van der Waals surface area contributed by atoms with E-state index in [0.717, 1.165) is 24.2 Å². The van der Waals surface area contributed by atoms with Gasteiger partial charge in [0.15, 0.2) is 12.6 Å². The summed E-state index contributed by atoms with van der Waals surface area (Å²) in [7, 11) is 1.57. The second-order valence-corrected chi connectivity index (χ2v) is 9.08. The SMILES string of the molecule is COCOc1cc2c(cc1C(=O)CCC(N)=O)C1CCC3CCCCC3C1CC2. The Morgan fingerprint density at radius 1 is 1.03 bits per heavy atom. The first kappa shape index (κ1) is 20.4. The third kappa shape index (κ3) is 4.20. The van der Waals surface area contributed by atoms with Gasteiger partial charge in [-0.05, 0) is 79.0 Å². The van der Waals surface area contributed by atoms with Gasteiger partial charge in [0.05, 0.1) is 5.56 Å². The minimum absolute atomic E-state index is 0.0649. The van der Waals surface area contributed by atoms with Crippen LogP contribution >= 0.6 is 0 Å². The van der Waals surface area contributed by atoms with E-state index < -0.39 is 5.91 Å². The number of amides is 1. The second kappa shape index (κ2) is 8.86. The van der Waals surface area contributed by atoms with Crippen LogP contribution in [0.5, 0.6) is 5.75 Å². The summed E-state index contributed by atoms with van der Waals surface area (Å²) < 4.78 is 10.8. The topological polar surface area (TPSA) is 78.6 Å². The van der Waals surface area contributed by atoms with Gasteiger partial charge in [0.25, 0.3) is 0 Å². The number of carbonyl (C=O) groups is 2. The zero-order valence-corrected chi connectivity index (χ0v) is 17.5. The highest BCUT2D eigenvalue weighted by molar-refractivity contribution is 6.00. The monoisotopic (exact) mass is 399 g/mol. The second-order valence-electron chi connectivity index (χ2n) is 9.08. The maximum atomic E-state index is 12.9. The van der Waals surface area contributed by atoms with E-state index in [2.05, 4.69) is 12.1 Å². The van der Waals surface area contributed by atoms with Gasteiger partial charge in [0.1, 0.15) is 5.75 Å². The van der Waals surface area contributed by atoms with Gasteiger partial charge in [0, 0.05) is 20.0 Å². The van der Waals surface area contributed by atoms with E-state index in [-0.39, 0.29) is 25.4 Å². The Hall–Kier alpha value is -1.88. The molecular weight excluding hydrogens is 366 g/mol. The van der Waals surface area contributed by atoms with Crippen LogP contribution in [0.4, 0.5) is 0 Å². The number of ether oxygens (including phenoxy) is 2. The Bertz CT molecular complexity index is 774. The standard InChI is InChI=1S/C24H33NO4/c1-28-14-29-23-12-16-7-9-18-17-5-3-2-4-15(17)6-8-19(18)20(16)13-21(23)22(26)10-11-24(25)27/h12-13,15,17-19H,2-11,14H2,1H3,(H2,25,27). The van der Waals surface area contributed by atoms with Crippen molar-refractivity contribution in [2.24, 2.45) is 23.5 Å². The minimum atomic E-state index is -0.452. The molecule has 1 aromatic rings. The molecular formula is C24H33NO4. The molecule has 4 unspecified atom stereocenters. The number of ketones is 1. The first-order valence-electron chi connectivity index (χ1n) is 11.2. The van der Waals surface area contributed by atoms with E-state index in [0.29, 0.717) is 17.2 Å². The van der Waals surface area contributed by atoms with Gasteiger partial charge < -0.3 is 15.2 Å². The van der Waals surface area contributed by atoms with Crippen molar-refractivity contribution in [3.8, 4) is 5.75 Å². The van der Waals surface area contributed by atoms with Crippen molar-refractivity contribution in [3.05, 3.63) is 28.8 Å². The predicted octanol–water partition coefficient (Wildman–Crippen LogP) is 4.36. The molecule has 0 saturated heterocycles. The van der Waals surface area contributed by atoms with Crippen molar-refractivity contribution in [2.75, 3.05) is 13.9 Å². The van der Waals surface area contributed by atoms with Crippen LogP contribution in [-0.2, 0) is 16.0 Å². The van der Waals surface area contributed by atoms with Crippen LogP contribution in [0.3, 0.4) is 0 Å². The number of rotatable bonds is 7. The zero-order valence-electron chi connectivity index (χ0n) is 17.5. The third-order valence-corrected chi connectivity index (χ3v) is 7.50. The van der Waals surface area contributed by atoms with Crippen LogP contribution in [0.25, 0.3) is 0 Å². The van der Waals surface area contributed by atoms with Crippen LogP contribution in [0.1, 0.15) is 85.2 Å². The number of hydrogen-bond donors (Lipinski definition) is 1. The molecule has 3 aliphatic carbocycles. The Morgan fingerprint density at radius 3 is 2.66 bits per heavy atom. The molecule has 0 bridgehead atoms. The Morgan fingerprint density at radius 2 is 1.86 bits per heavy atom. The third-order valence-electron chi connectivity index (χ3n) is 7.50. The number of hydrogen-bond acceptors (Lipinski definition) is 4. The highest BCUT2D eigenvalue weighted by Gasteiger charge is 2.43. The quantitative estimate of drug-likeness (QED) is 0.546. The molecule has 2 saturated carbocycles. The summed E-state index contributed by atoms with van der Waals surface area (Å²) in [5.74, 6) is 3.11. The summed E-state index contributed by atoms with van der Waals surface area (Å²) in [6.45, 7) is 0.102. The van der Waals surface area contributed by atoms with Crippen LogP contribution in [0.2, 0.25) is 0 Å². The summed E-state index contributed by atoms with van der Waals surface area (Å²) in [5.41, 5.74) is 8.49. The fourth-order valence-electron chi connectivity index (χ4n) is 6.22. The lowest BCUT2D eigenvalue weighted by Crippen LogP contribution is -2.38. The Balaban J connectivity index is 1.64. The lowest BCUT2D eigenvalue weighted by atomic mass is 9.56. The minimum Gasteiger partial charge on any atom is -0.467 e. The molecule has 2 N–H and O–H groups in total. The number of methoxy groups -OCH3 is 1. The Labute approximate surface area is 173 Å². The summed E-state index contributed by atoms with van der Waals surface area (Å²) in [6.07, 6.45) is 10.6. The number of primary amides is 1. The van der Waals surface area contributed by atoms with E-state index in [1.165, 1.54) is 56.1 Å². The van der Waals surface area contributed by atoms with Crippen molar-refractivity contribution < 1.29 is 19.1 Å². The van der Waals surface area contributed by atoms with Crippen molar-refractivity contribution in [2.45, 2.75) is 70.1 Å². The smallest absolute Gasteiger partial charge is 0.217 e. The van der Waals surface area contributed by atoms with Gasteiger partial charge >= 0.3 is 0 Å². The van der Waals surface area contributed by atoms with E-state index in [1.807, 2.05) is 0 Å². The number of benzene rings is 1. The van der Waals surface area contributed by atoms with Crippen molar-refractivity contribution in [3.63, 3.8) is 0 Å². The maximum Gasteiger partial charge on any atom is 0.217 e. The molecule has 5 heteroatoms. The summed E-state index contributed by atoms with van der Waals surface area (Å²) in [5, 5.41) is 0. The Kier molecular flexibility index (Phi) is 6.23. The van der Waals surface area contributed by atoms with Crippen molar-refractivity contribution >= 4 is 11.7 Å². The van der Waals surface area contributed by atoms with Gasteiger partial charge in [-0.15, -0.1) is 0 Å². The van der Waals surface area contributed by atoms with Crippen LogP contribution in [0.15, 0.2) is 12.1 Å². The van der Waals surface area contributed by atoms with E-state index in [4.69, 9.17) is 15.2 Å². The normalized spacial score (nSPS) is 28.0. The number of Topliss-reactive ketones (excluding diaryl/α,β-unsaturated/α-hetero) is 1. The molecule has 0 aliphatic heterocycles. The van der Waals surface area contributed by atoms with E-state index in [1.54, 1.807) is 7.11 Å². The highest BCUT2D eigenvalue weighted by atomic mass is 16.7. The molecule has 1 aromatic carbocycles. The van der Waals surface area contributed by atoms with Crippen molar-refractivity contribution in [1.29, 1.82) is 0 Å². The lowest BCUT2D eigenvalue weighted by molar-refractivity contribution is -0.118. The molecule has 0 aromatic heterocycles. The van der Waals surface area contributed by atoms with Gasteiger partial charge in [0.2, 0.25) is 5.91 Å². The number of nitrogens with two attached hydrogens (primary N) is 1. The summed E-state index contributed by atoms with van der Waals surface area (Å²) >= 11 is 0. The molecule has 158 valence electrons. The maximum absolute atomic E-state index is 12.9. The molecule has 0 radical (unpaired) electrons. The highest BCUT2D eigenvalue weighted by Crippen LogP contribution is 2.54. The number of carbonyl (C=O) groups excluding carboxylic acids is 2. The van der Waals surface area contributed by atoms with E-state index >= 15 is 0 Å². The molecule has 4 rings (SSSR count). The largest absolute Gasteiger partial charge is 0.467 e. The first-order chi connectivity index (χ1) is 14.1. The molecule has 0 heterocycles. The van der Waals surface area contributed by atoms with Crippen LogP contribution in [0, 0.1) is 17.8 Å². The van der Waals surface area contributed by atoms with Gasteiger partial charge in [-0.3, -0.25) is 9.59 Å². The van der Waals surface area contributed by atoms with Gasteiger partial charge in [-0.1, -0.05) is 19.3 Å². The summed E-state index contributed by atoms with van der Waals surface area (Å²) in [6, 6.07) is 4.12. The van der Waals surface area contributed by atoms with Gasteiger partial charge in [-0.2, -0.15) is 0 Å². The van der Waals surface area contributed by atoms with Crippen LogP contribution < -0.4 is 10.5 Å². The zero-order chi connectivity index (χ0) is 20.4. The molecule has 4 atom stereocenters. The average molecular weight is 400 g/mol. The van der Waals surface area contributed by atoms with Gasteiger partial charge in [-0.25, -0.2) is 0 Å². The average Bonchev–Trinajstić information content (AvgIpc) is 2.74. The fraction of sp³-hybridized carbons (Fsp3) is 0.667. The summed E-state index contributed by atoms with van der Waals surface area (Å²) in [4.78, 5) is 24.0. The first-order valence-corrected chi connectivity index (χ1v) is 11.2. The number of aryl methyl sites for hydroxylation is 1. The molecule has 2 fully saturated rings. The van der Waals surface area contributed by atoms with Crippen LogP contribution in [-0.4, -0.2) is 25.6 Å². The fourth-order valence-corrected chi connectivity index (χ4v) is 6.22. The number of fused-ring (bicyclic) bond motifs is 5. The predicted molar refractivity (Wildman–Crippen MR) is 111 cm³/mol. The lowest BCUT2D eigenvalue weighted by Gasteiger charge is -2.48. The molecule has 5 nitrogen and oxygen atoms in total. The molecule has 1 amide bonds. The molecule has 0 spiro atoms.